The topological polar surface area (TPSA) is 59.2 Å². The molecule has 0 saturated heterocycles. The summed E-state index contributed by atoms with van der Waals surface area (Å²) in [7, 11) is 5.12. The van der Waals surface area contributed by atoms with E-state index in [1.54, 1.807) is 30.8 Å². The summed E-state index contributed by atoms with van der Waals surface area (Å²) in [4.78, 5) is 19.4. The average molecular weight is 378 g/mol. The molecule has 4 rings (SSSR count). The van der Waals surface area contributed by atoms with E-state index in [2.05, 4.69) is 4.99 Å². The first-order valence-corrected chi connectivity index (χ1v) is 9.26. The van der Waals surface area contributed by atoms with Gasteiger partial charge >= 0.3 is 0 Å². The van der Waals surface area contributed by atoms with E-state index in [0.717, 1.165) is 28.3 Å². The van der Waals surface area contributed by atoms with E-state index in [1.807, 2.05) is 53.9 Å². The maximum absolute atomic E-state index is 12.8. The molecular formula is C20H18N4O2S. The highest BCUT2D eigenvalue weighted by Gasteiger charge is 2.31. The smallest absolute Gasteiger partial charge is 0.279 e. The Morgan fingerprint density at radius 2 is 1.81 bits per heavy atom. The maximum atomic E-state index is 12.8. The Labute approximate surface area is 160 Å². The minimum atomic E-state index is -0.127. The van der Waals surface area contributed by atoms with Gasteiger partial charge in [-0.15, -0.1) is 11.3 Å². The molecule has 27 heavy (non-hydrogen) atoms. The fourth-order valence-electron chi connectivity index (χ4n) is 3.05. The molecule has 1 amide bonds. The molecule has 0 aliphatic carbocycles. The summed E-state index contributed by atoms with van der Waals surface area (Å²) in [5.41, 5.74) is 3.94. The molecule has 0 saturated carbocycles. The van der Waals surface area contributed by atoms with Gasteiger partial charge in [0.25, 0.3) is 5.91 Å². The molecule has 0 atom stereocenters. The number of ether oxygens (including phenoxy) is 1. The number of para-hydroxylation sites is 1. The summed E-state index contributed by atoms with van der Waals surface area (Å²) in [6.45, 7) is 0. The van der Waals surface area contributed by atoms with Crippen molar-refractivity contribution in [2.75, 3.05) is 26.1 Å². The molecule has 2 aromatic carbocycles. The molecule has 0 unspecified atom stereocenters. The van der Waals surface area contributed by atoms with Crippen molar-refractivity contribution in [1.82, 2.24) is 4.68 Å². The van der Waals surface area contributed by atoms with E-state index >= 15 is 0 Å². The SMILES string of the molecule is CN=c1scc(-c2ccc(OC)cc2)n1N=C1C(=O)N(C)c2ccccc21. The second kappa shape index (κ2) is 6.85. The van der Waals surface area contributed by atoms with Gasteiger partial charge in [0, 0.05) is 30.6 Å². The number of carbonyl (C=O) groups excluding carboxylic acids is 1. The molecule has 0 bridgehead atoms. The highest BCUT2D eigenvalue weighted by Crippen LogP contribution is 2.29. The molecule has 0 N–H and O–H groups in total. The van der Waals surface area contributed by atoms with Crippen LogP contribution in [0.2, 0.25) is 0 Å². The zero-order valence-corrected chi connectivity index (χ0v) is 16.0. The number of hydrogen-bond acceptors (Lipinski definition) is 5. The van der Waals surface area contributed by atoms with Crippen LogP contribution in [0.25, 0.3) is 11.3 Å². The van der Waals surface area contributed by atoms with Crippen LogP contribution in [-0.4, -0.2) is 37.5 Å². The predicted octanol–water partition coefficient (Wildman–Crippen LogP) is 2.98. The summed E-state index contributed by atoms with van der Waals surface area (Å²) in [6.07, 6.45) is 0. The Bertz CT molecular complexity index is 1110. The number of likely N-dealkylation sites (N-methyl/N-ethyl adjacent to an activating group) is 1. The van der Waals surface area contributed by atoms with Crippen LogP contribution in [0, 0.1) is 0 Å². The molecule has 1 aromatic heterocycles. The zero-order valence-electron chi connectivity index (χ0n) is 15.2. The lowest BCUT2D eigenvalue weighted by Gasteiger charge is -2.08. The van der Waals surface area contributed by atoms with Crippen molar-refractivity contribution in [2.45, 2.75) is 0 Å². The van der Waals surface area contributed by atoms with Crippen LogP contribution in [-0.2, 0) is 4.79 Å². The van der Waals surface area contributed by atoms with Crippen molar-refractivity contribution in [3.8, 4) is 17.0 Å². The Hall–Kier alpha value is -3.19. The highest BCUT2D eigenvalue weighted by molar-refractivity contribution is 7.07. The summed E-state index contributed by atoms with van der Waals surface area (Å²) < 4.78 is 6.97. The van der Waals surface area contributed by atoms with E-state index in [1.165, 1.54) is 11.3 Å². The standard InChI is InChI=1S/C20H18N4O2S/c1-21-20-24(17(12-27-20)13-8-10-14(26-3)11-9-13)22-18-15-6-4-5-7-16(15)23(2)19(18)25/h4-12H,1-3H3. The molecule has 0 fully saturated rings. The number of carbonyl (C=O) groups is 1. The van der Waals surface area contributed by atoms with E-state index < -0.39 is 0 Å². The molecule has 1 aliphatic heterocycles. The van der Waals surface area contributed by atoms with Crippen molar-refractivity contribution >= 4 is 28.6 Å². The van der Waals surface area contributed by atoms with E-state index in [0.29, 0.717) is 10.5 Å². The molecule has 7 heteroatoms. The van der Waals surface area contributed by atoms with Crippen molar-refractivity contribution in [2.24, 2.45) is 10.1 Å². The van der Waals surface area contributed by atoms with Gasteiger partial charge < -0.3 is 9.64 Å². The number of nitrogens with zero attached hydrogens (tertiary/aromatic N) is 4. The van der Waals surface area contributed by atoms with E-state index in [9.17, 15) is 4.79 Å². The average Bonchev–Trinajstić information content (AvgIpc) is 3.23. The quantitative estimate of drug-likeness (QED) is 0.703. The fourth-order valence-corrected chi connectivity index (χ4v) is 3.85. The zero-order chi connectivity index (χ0) is 19.0. The molecule has 136 valence electrons. The number of amides is 1. The number of hydrogen-bond donors (Lipinski definition) is 0. The van der Waals surface area contributed by atoms with Gasteiger partial charge in [-0.2, -0.15) is 5.10 Å². The molecule has 0 radical (unpaired) electrons. The minimum absolute atomic E-state index is 0.127. The molecule has 0 spiro atoms. The lowest BCUT2D eigenvalue weighted by Crippen LogP contribution is -2.27. The number of benzene rings is 2. The molecule has 3 aromatic rings. The molecule has 6 nitrogen and oxygen atoms in total. The van der Waals surface area contributed by atoms with Gasteiger partial charge in [-0.05, 0) is 30.3 Å². The molecular weight excluding hydrogens is 360 g/mol. The predicted molar refractivity (Wildman–Crippen MR) is 108 cm³/mol. The van der Waals surface area contributed by atoms with Crippen molar-refractivity contribution < 1.29 is 9.53 Å². The van der Waals surface area contributed by atoms with Crippen molar-refractivity contribution in [3.05, 3.63) is 64.3 Å². The second-order valence-electron chi connectivity index (χ2n) is 6.00. The number of fused-ring (bicyclic) bond motifs is 1. The Morgan fingerprint density at radius 3 is 2.52 bits per heavy atom. The van der Waals surface area contributed by atoms with Crippen molar-refractivity contribution in [3.63, 3.8) is 0 Å². The summed E-state index contributed by atoms with van der Waals surface area (Å²) in [5.74, 6) is 0.659. The van der Waals surface area contributed by atoms with Crippen LogP contribution in [0.3, 0.4) is 0 Å². The number of methoxy groups -OCH3 is 1. The fraction of sp³-hybridized carbons (Fsp3) is 0.150. The lowest BCUT2D eigenvalue weighted by atomic mass is 10.1. The monoisotopic (exact) mass is 378 g/mol. The van der Waals surface area contributed by atoms with Crippen LogP contribution in [0.5, 0.6) is 5.75 Å². The van der Waals surface area contributed by atoms with Gasteiger partial charge in [0.2, 0.25) is 4.80 Å². The van der Waals surface area contributed by atoms with Crippen LogP contribution < -0.4 is 14.4 Å². The van der Waals surface area contributed by atoms with Gasteiger partial charge in [0.1, 0.15) is 5.75 Å². The summed E-state index contributed by atoms with van der Waals surface area (Å²) >= 11 is 1.48. The van der Waals surface area contributed by atoms with Gasteiger partial charge in [-0.25, -0.2) is 4.68 Å². The van der Waals surface area contributed by atoms with Gasteiger partial charge in [-0.1, -0.05) is 18.2 Å². The second-order valence-corrected chi connectivity index (χ2v) is 6.83. The third kappa shape index (κ3) is 2.86. The van der Waals surface area contributed by atoms with Crippen LogP contribution in [0.15, 0.2) is 64.0 Å². The van der Waals surface area contributed by atoms with Crippen LogP contribution >= 0.6 is 11.3 Å². The first-order chi connectivity index (χ1) is 13.1. The maximum Gasteiger partial charge on any atom is 0.279 e. The first-order valence-electron chi connectivity index (χ1n) is 8.38. The molecule has 2 heterocycles. The number of anilines is 1. The van der Waals surface area contributed by atoms with E-state index in [-0.39, 0.29) is 5.91 Å². The number of thiazole rings is 1. The lowest BCUT2D eigenvalue weighted by molar-refractivity contribution is -0.112. The largest absolute Gasteiger partial charge is 0.497 e. The van der Waals surface area contributed by atoms with Crippen LogP contribution in [0.1, 0.15) is 5.56 Å². The van der Waals surface area contributed by atoms with Crippen LogP contribution in [0.4, 0.5) is 5.69 Å². The normalized spacial score (nSPS) is 15.5. The highest BCUT2D eigenvalue weighted by atomic mass is 32.1. The minimum Gasteiger partial charge on any atom is -0.497 e. The molecule has 1 aliphatic rings. The van der Waals surface area contributed by atoms with Gasteiger partial charge in [0.05, 0.1) is 18.5 Å². The van der Waals surface area contributed by atoms with Gasteiger partial charge in [-0.3, -0.25) is 9.79 Å². The van der Waals surface area contributed by atoms with E-state index in [4.69, 9.17) is 9.84 Å². The van der Waals surface area contributed by atoms with Gasteiger partial charge in [0.15, 0.2) is 5.71 Å². The first kappa shape index (κ1) is 17.2. The third-order valence-electron chi connectivity index (χ3n) is 4.49. The Morgan fingerprint density at radius 1 is 1.07 bits per heavy atom. The summed E-state index contributed by atoms with van der Waals surface area (Å²) in [5, 5.41) is 6.70. The third-order valence-corrected chi connectivity index (χ3v) is 5.40. The number of rotatable bonds is 3. The Balaban J connectivity index is 1.89. The number of aromatic nitrogens is 1. The van der Waals surface area contributed by atoms with Crippen molar-refractivity contribution in [1.29, 1.82) is 0 Å². The summed E-state index contributed by atoms with van der Waals surface area (Å²) in [6, 6.07) is 15.4. The Kier molecular flexibility index (Phi) is 4.37.